The summed E-state index contributed by atoms with van der Waals surface area (Å²) >= 11 is 0. The van der Waals surface area contributed by atoms with E-state index in [1.54, 1.807) is 6.07 Å². The van der Waals surface area contributed by atoms with Crippen LogP contribution in [-0.2, 0) is 11.2 Å². The van der Waals surface area contributed by atoms with Crippen molar-refractivity contribution in [3.8, 4) is 0 Å². The van der Waals surface area contributed by atoms with E-state index in [0.29, 0.717) is 17.7 Å². The molecule has 0 radical (unpaired) electrons. The maximum atomic E-state index is 11.9. The third-order valence-electron chi connectivity index (χ3n) is 3.02. The molecular weight excluding hydrogens is 226 g/mol. The Balaban J connectivity index is 1.95. The van der Waals surface area contributed by atoms with Gasteiger partial charge in [0.05, 0.1) is 0 Å². The van der Waals surface area contributed by atoms with Gasteiger partial charge in [-0.3, -0.25) is 4.79 Å². The molecule has 4 N–H and O–H groups in total. The summed E-state index contributed by atoms with van der Waals surface area (Å²) in [6.07, 6.45) is 4.49. The van der Waals surface area contributed by atoms with Gasteiger partial charge in [0.1, 0.15) is 0 Å². The molecule has 4 heteroatoms. The van der Waals surface area contributed by atoms with Crippen LogP contribution in [0.5, 0.6) is 0 Å². The van der Waals surface area contributed by atoms with Crippen molar-refractivity contribution in [2.75, 3.05) is 11.1 Å². The lowest BCUT2D eigenvalue weighted by atomic mass is 10.0. The number of carbonyl (C=O) groups excluding carboxylic acids is 1. The average Bonchev–Trinajstić information content (AvgIpc) is 2.94. The number of carbonyl (C=O) groups is 1. The zero-order valence-electron chi connectivity index (χ0n) is 9.73. The van der Waals surface area contributed by atoms with E-state index in [2.05, 4.69) is 10.3 Å². The molecule has 0 saturated heterocycles. The summed E-state index contributed by atoms with van der Waals surface area (Å²) in [6, 6.07) is 9.37. The fourth-order valence-corrected chi connectivity index (χ4v) is 2.11. The molecule has 1 aliphatic rings. The summed E-state index contributed by atoms with van der Waals surface area (Å²) in [7, 11) is 0. The Bertz CT molecular complexity index is 626. The van der Waals surface area contributed by atoms with Crippen LogP contribution < -0.4 is 11.1 Å². The molecule has 1 aliphatic heterocycles. The lowest BCUT2D eigenvalue weighted by molar-refractivity contribution is -0.110. The van der Waals surface area contributed by atoms with Crippen LogP contribution in [0.2, 0.25) is 0 Å². The van der Waals surface area contributed by atoms with Crippen molar-refractivity contribution in [1.82, 2.24) is 4.98 Å². The van der Waals surface area contributed by atoms with Gasteiger partial charge in [-0.25, -0.2) is 0 Å². The number of rotatable bonds is 2. The van der Waals surface area contributed by atoms with Gasteiger partial charge in [0.2, 0.25) is 0 Å². The van der Waals surface area contributed by atoms with Gasteiger partial charge in [0.25, 0.3) is 5.91 Å². The van der Waals surface area contributed by atoms with Crippen molar-refractivity contribution in [3.05, 3.63) is 53.9 Å². The van der Waals surface area contributed by atoms with Gasteiger partial charge in [-0.2, -0.15) is 0 Å². The molecule has 0 aliphatic carbocycles. The Morgan fingerprint density at radius 1 is 1.28 bits per heavy atom. The van der Waals surface area contributed by atoms with E-state index >= 15 is 0 Å². The lowest BCUT2D eigenvalue weighted by Crippen LogP contribution is -2.03. The molecule has 0 saturated carbocycles. The smallest absolute Gasteiger partial charge is 0.256 e. The second-order valence-electron chi connectivity index (χ2n) is 4.28. The standard InChI is InChI=1S/C14H13N3O/c15-9-3-6-13-12(8-9)11(14(18)17-13)5-4-10-2-1-7-16-10/h1-3,5-8,16H,4,15H2,(H,17,18). The highest BCUT2D eigenvalue weighted by molar-refractivity contribution is 6.31. The van der Waals surface area contributed by atoms with Crippen molar-refractivity contribution in [1.29, 1.82) is 0 Å². The Morgan fingerprint density at radius 3 is 2.94 bits per heavy atom. The average molecular weight is 239 g/mol. The van der Waals surface area contributed by atoms with E-state index in [0.717, 1.165) is 16.9 Å². The fraction of sp³-hybridized carbons (Fsp3) is 0.0714. The van der Waals surface area contributed by atoms with Crippen LogP contribution >= 0.6 is 0 Å². The SMILES string of the molecule is Nc1ccc2c(c1)C(=CCc1ccc[nH]1)C(=O)N2. The summed E-state index contributed by atoms with van der Waals surface area (Å²) < 4.78 is 0. The van der Waals surface area contributed by atoms with Crippen LogP contribution in [0, 0.1) is 0 Å². The monoisotopic (exact) mass is 239 g/mol. The molecule has 1 aromatic heterocycles. The Hall–Kier alpha value is -2.49. The van der Waals surface area contributed by atoms with E-state index in [4.69, 9.17) is 5.73 Å². The normalized spacial score (nSPS) is 15.8. The van der Waals surface area contributed by atoms with Crippen molar-refractivity contribution < 1.29 is 4.79 Å². The highest BCUT2D eigenvalue weighted by Gasteiger charge is 2.23. The van der Waals surface area contributed by atoms with E-state index in [1.165, 1.54) is 0 Å². The van der Waals surface area contributed by atoms with Crippen molar-refractivity contribution in [2.24, 2.45) is 0 Å². The van der Waals surface area contributed by atoms with E-state index in [1.807, 2.05) is 36.5 Å². The fourth-order valence-electron chi connectivity index (χ4n) is 2.11. The van der Waals surface area contributed by atoms with Crippen LogP contribution in [0.15, 0.2) is 42.6 Å². The Kier molecular flexibility index (Phi) is 2.41. The van der Waals surface area contributed by atoms with Gasteiger partial charge in [-0.15, -0.1) is 0 Å². The van der Waals surface area contributed by atoms with Gasteiger partial charge < -0.3 is 16.0 Å². The summed E-state index contributed by atoms with van der Waals surface area (Å²) in [6.45, 7) is 0. The first-order valence-corrected chi connectivity index (χ1v) is 5.78. The first-order chi connectivity index (χ1) is 8.74. The van der Waals surface area contributed by atoms with Crippen LogP contribution in [-0.4, -0.2) is 10.9 Å². The number of fused-ring (bicyclic) bond motifs is 1. The van der Waals surface area contributed by atoms with Crippen molar-refractivity contribution in [2.45, 2.75) is 6.42 Å². The predicted molar refractivity (Wildman–Crippen MR) is 72.0 cm³/mol. The van der Waals surface area contributed by atoms with Crippen LogP contribution in [0.4, 0.5) is 11.4 Å². The zero-order valence-corrected chi connectivity index (χ0v) is 9.73. The number of allylic oxidation sites excluding steroid dienone is 1. The highest BCUT2D eigenvalue weighted by Crippen LogP contribution is 2.33. The molecule has 0 spiro atoms. The number of aromatic amines is 1. The second kappa shape index (κ2) is 4.07. The van der Waals surface area contributed by atoms with Crippen molar-refractivity contribution >= 4 is 22.9 Å². The molecule has 2 aromatic rings. The molecule has 0 atom stereocenters. The third-order valence-corrected chi connectivity index (χ3v) is 3.02. The van der Waals surface area contributed by atoms with Gasteiger partial charge in [0, 0.05) is 40.8 Å². The number of H-pyrrole nitrogens is 1. The number of hydrogen-bond donors (Lipinski definition) is 3. The molecule has 0 fully saturated rings. The number of benzene rings is 1. The van der Waals surface area contributed by atoms with E-state index in [9.17, 15) is 4.79 Å². The van der Waals surface area contributed by atoms with Crippen LogP contribution in [0.3, 0.4) is 0 Å². The maximum absolute atomic E-state index is 11.9. The molecule has 2 heterocycles. The molecular formula is C14H13N3O. The number of amides is 1. The minimum atomic E-state index is -0.0674. The number of aromatic nitrogens is 1. The molecule has 1 amide bonds. The summed E-state index contributed by atoms with van der Waals surface area (Å²) in [5.74, 6) is -0.0674. The minimum absolute atomic E-state index is 0.0674. The van der Waals surface area contributed by atoms with E-state index < -0.39 is 0 Å². The third kappa shape index (κ3) is 1.78. The molecule has 4 nitrogen and oxygen atoms in total. The second-order valence-corrected chi connectivity index (χ2v) is 4.28. The number of nitrogens with one attached hydrogen (secondary N) is 2. The topological polar surface area (TPSA) is 70.9 Å². The number of nitrogen functional groups attached to an aromatic ring is 1. The lowest BCUT2D eigenvalue weighted by Gasteiger charge is -1.99. The number of hydrogen-bond acceptors (Lipinski definition) is 2. The van der Waals surface area contributed by atoms with Crippen LogP contribution in [0.1, 0.15) is 11.3 Å². The Morgan fingerprint density at radius 2 is 2.17 bits per heavy atom. The number of nitrogens with two attached hydrogens (primary N) is 1. The molecule has 0 bridgehead atoms. The predicted octanol–water partition coefficient (Wildman–Crippen LogP) is 2.18. The van der Waals surface area contributed by atoms with Gasteiger partial charge in [0.15, 0.2) is 0 Å². The molecule has 18 heavy (non-hydrogen) atoms. The van der Waals surface area contributed by atoms with E-state index in [-0.39, 0.29) is 5.91 Å². The first kappa shape index (κ1) is 10.7. The molecule has 0 unspecified atom stereocenters. The van der Waals surface area contributed by atoms with Gasteiger partial charge in [-0.1, -0.05) is 6.08 Å². The molecule has 1 aromatic carbocycles. The zero-order chi connectivity index (χ0) is 12.5. The highest BCUT2D eigenvalue weighted by atomic mass is 16.2. The molecule has 3 rings (SSSR count). The van der Waals surface area contributed by atoms with Crippen molar-refractivity contribution in [3.63, 3.8) is 0 Å². The Labute approximate surface area is 105 Å². The molecule has 90 valence electrons. The first-order valence-electron chi connectivity index (χ1n) is 5.78. The van der Waals surface area contributed by atoms with Gasteiger partial charge >= 0.3 is 0 Å². The summed E-state index contributed by atoms with van der Waals surface area (Å²) in [5, 5.41) is 2.83. The summed E-state index contributed by atoms with van der Waals surface area (Å²) in [5.41, 5.74) is 9.89. The quantitative estimate of drug-likeness (QED) is 0.555. The minimum Gasteiger partial charge on any atom is -0.399 e. The number of anilines is 2. The summed E-state index contributed by atoms with van der Waals surface area (Å²) in [4.78, 5) is 15.0. The van der Waals surface area contributed by atoms with Gasteiger partial charge in [-0.05, 0) is 30.3 Å². The maximum Gasteiger partial charge on any atom is 0.256 e. The largest absolute Gasteiger partial charge is 0.399 e. The van der Waals surface area contributed by atoms with Crippen LogP contribution in [0.25, 0.3) is 5.57 Å².